The van der Waals surface area contributed by atoms with E-state index < -0.39 is 17.7 Å². The van der Waals surface area contributed by atoms with Gasteiger partial charge in [0.1, 0.15) is 5.60 Å². The first-order chi connectivity index (χ1) is 14.2. The summed E-state index contributed by atoms with van der Waals surface area (Å²) in [6.45, 7) is 7.42. The van der Waals surface area contributed by atoms with Crippen molar-refractivity contribution in [2.75, 3.05) is 5.32 Å². The molecule has 2 amide bonds. The van der Waals surface area contributed by atoms with Gasteiger partial charge >= 0.3 is 6.09 Å². The number of pyridine rings is 1. The summed E-state index contributed by atoms with van der Waals surface area (Å²) in [5.41, 5.74) is 2.38. The van der Waals surface area contributed by atoms with E-state index in [1.165, 1.54) is 0 Å². The number of hydrogen-bond donors (Lipinski definition) is 2. The zero-order valence-corrected chi connectivity index (χ0v) is 18.1. The van der Waals surface area contributed by atoms with Crippen molar-refractivity contribution < 1.29 is 14.3 Å². The lowest BCUT2D eigenvalue weighted by Gasteiger charge is -2.23. The topological polar surface area (TPSA) is 98.1 Å². The molecule has 8 nitrogen and oxygen atoms in total. The minimum absolute atomic E-state index is 0.0884. The Labute approximate surface area is 176 Å². The van der Waals surface area contributed by atoms with E-state index in [0.717, 1.165) is 11.3 Å². The molecule has 2 N–H and O–H groups in total. The molecular weight excluding hydrogens is 382 g/mol. The summed E-state index contributed by atoms with van der Waals surface area (Å²) in [5, 5.41) is 10.2. The summed E-state index contributed by atoms with van der Waals surface area (Å²) in [7, 11) is 1.82. The van der Waals surface area contributed by atoms with Crippen molar-refractivity contribution in [2.24, 2.45) is 13.0 Å². The number of nitrogens with one attached hydrogen (secondary N) is 2. The van der Waals surface area contributed by atoms with E-state index in [2.05, 4.69) is 20.7 Å². The van der Waals surface area contributed by atoms with Gasteiger partial charge in [0.05, 0.1) is 35.2 Å². The number of amides is 2. The Hall–Kier alpha value is -3.16. The van der Waals surface area contributed by atoms with Crippen LogP contribution < -0.4 is 10.6 Å². The number of aryl methyl sites for hydroxylation is 1. The molecule has 0 spiro atoms. The van der Waals surface area contributed by atoms with Gasteiger partial charge in [-0.15, -0.1) is 0 Å². The van der Waals surface area contributed by atoms with Gasteiger partial charge in [-0.1, -0.05) is 19.1 Å². The second-order valence-corrected chi connectivity index (χ2v) is 8.37. The molecule has 3 heterocycles. The molecule has 1 aliphatic rings. The second-order valence-electron chi connectivity index (χ2n) is 8.37. The van der Waals surface area contributed by atoms with E-state index in [4.69, 9.17) is 4.74 Å². The highest BCUT2D eigenvalue weighted by Crippen LogP contribution is 2.30. The highest BCUT2D eigenvalue weighted by Gasteiger charge is 2.24. The van der Waals surface area contributed by atoms with Crippen LogP contribution in [0, 0.1) is 5.92 Å². The summed E-state index contributed by atoms with van der Waals surface area (Å²) < 4.78 is 7.14. The first-order valence-corrected chi connectivity index (χ1v) is 10.1. The monoisotopic (exact) mass is 411 g/mol. The van der Waals surface area contributed by atoms with Crippen LogP contribution in [0.3, 0.4) is 0 Å². The maximum Gasteiger partial charge on any atom is 0.408 e. The van der Waals surface area contributed by atoms with E-state index >= 15 is 0 Å². The van der Waals surface area contributed by atoms with E-state index in [9.17, 15) is 9.59 Å². The molecule has 2 aromatic heterocycles. The number of rotatable bonds is 2. The molecular formula is C22H29N5O3. The third kappa shape index (κ3) is 5.06. The van der Waals surface area contributed by atoms with Gasteiger partial charge in [0, 0.05) is 18.8 Å². The van der Waals surface area contributed by atoms with Gasteiger partial charge in [0.15, 0.2) is 0 Å². The maximum absolute atomic E-state index is 12.8. The van der Waals surface area contributed by atoms with Crippen LogP contribution in [0.4, 0.5) is 10.5 Å². The second kappa shape index (κ2) is 8.69. The lowest BCUT2D eigenvalue weighted by Crippen LogP contribution is -2.35. The van der Waals surface area contributed by atoms with Crippen molar-refractivity contribution in [3.05, 3.63) is 42.4 Å². The Kier molecular flexibility index (Phi) is 6.24. The van der Waals surface area contributed by atoms with Gasteiger partial charge in [-0.2, -0.15) is 5.10 Å². The molecule has 0 aliphatic carbocycles. The van der Waals surface area contributed by atoms with Crippen molar-refractivity contribution in [1.82, 2.24) is 20.1 Å². The molecule has 0 aromatic carbocycles. The molecule has 0 fully saturated rings. The average Bonchev–Trinajstić information content (AvgIpc) is 3.02. The number of carbonyl (C=O) groups is 2. The van der Waals surface area contributed by atoms with E-state index in [-0.39, 0.29) is 11.8 Å². The number of ether oxygens (including phenoxy) is 1. The predicted molar refractivity (Wildman–Crippen MR) is 115 cm³/mol. The van der Waals surface area contributed by atoms with Crippen LogP contribution >= 0.6 is 0 Å². The van der Waals surface area contributed by atoms with Gasteiger partial charge in [0.25, 0.3) is 0 Å². The fraction of sp³-hybridized carbons (Fsp3) is 0.455. The normalized spacial score (nSPS) is 20.2. The van der Waals surface area contributed by atoms with Crippen molar-refractivity contribution >= 4 is 17.7 Å². The van der Waals surface area contributed by atoms with E-state index in [1.54, 1.807) is 17.1 Å². The molecule has 1 aliphatic heterocycles. The fourth-order valence-corrected chi connectivity index (χ4v) is 3.37. The molecule has 30 heavy (non-hydrogen) atoms. The van der Waals surface area contributed by atoms with Crippen LogP contribution in [0.25, 0.3) is 11.3 Å². The van der Waals surface area contributed by atoms with Crippen LogP contribution in [0.15, 0.2) is 36.7 Å². The standard InChI is InChI=1S/C22H29N5O3/c1-6-14-8-7-9-16(26-21(29)30-22(2,3)4)17-12-15(10-11-23-17)19-18(25-20(14)28)13-24-27(19)5/h7-8,10-14,16H,6,9H2,1-5H3,(H,25,28)(H,26,29)/b8-7+/t14-,16+/m1/s1. The van der Waals surface area contributed by atoms with Crippen LogP contribution in [0.5, 0.6) is 0 Å². The van der Waals surface area contributed by atoms with Crippen LogP contribution in [0.1, 0.15) is 52.3 Å². The first kappa shape index (κ1) is 21.5. The van der Waals surface area contributed by atoms with Gasteiger partial charge < -0.3 is 15.4 Å². The number of alkyl carbamates (subject to hydrolysis) is 1. The van der Waals surface area contributed by atoms with Crippen LogP contribution in [0.2, 0.25) is 0 Å². The third-order valence-electron chi connectivity index (χ3n) is 4.82. The Bertz CT molecular complexity index is 958. The molecule has 0 saturated carbocycles. The molecule has 0 radical (unpaired) electrons. The highest BCUT2D eigenvalue weighted by atomic mass is 16.6. The Morgan fingerprint density at radius 3 is 2.87 bits per heavy atom. The predicted octanol–water partition coefficient (Wildman–Crippen LogP) is 3.97. The largest absolute Gasteiger partial charge is 0.444 e. The van der Waals surface area contributed by atoms with Gasteiger partial charge in [-0.25, -0.2) is 4.79 Å². The van der Waals surface area contributed by atoms with Gasteiger partial charge in [-0.3, -0.25) is 14.5 Å². The minimum Gasteiger partial charge on any atom is -0.444 e. The summed E-state index contributed by atoms with van der Waals surface area (Å²) in [6.07, 6.45) is 7.76. The molecule has 0 saturated heterocycles. The van der Waals surface area contributed by atoms with E-state index in [1.807, 2.05) is 59.0 Å². The molecule has 3 rings (SSSR count). The van der Waals surface area contributed by atoms with E-state index in [0.29, 0.717) is 24.2 Å². The highest BCUT2D eigenvalue weighted by molar-refractivity contribution is 5.96. The molecule has 0 unspecified atom stereocenters. The number of anilines is 1. The Morgan fingerprint density at radius 2 is 2.17 bits per heavy atom. The van der Waals surface area contributed by atoms with Crippen molar-refractivity contribution in [3.63, 3.8) is 0 Å². The van der Waals surface area contributed by atoms with Gasteiger partial charge in [-0.05, 0) is 45.7 Å². The van der Waals surface area contributed by atoms with Crippen molar-refractivity contribution in [1.29, 1.82) is 0 Å². The van der Waals surface area contributed by atoms with Crippen LogP contribution in [-0.4, -0.2) is 32.4 Å². The summed E-state index contributed by atoms with van der Waals surface area (Å²) in [5.74, 6) is -0.375. The number of aromatic nitrogens is 3. The molecule has 160 valence electrons. The summed E-state index contributed by atoms with van der Waals surface area (Å²) in [6, 6.07) is 3.37. The summed E-state index contributed by atoms with van der Waals surface area (Å²) >= 11 is 0. The molecule has 2 aromatic rings. The molecule has 2 atom stereocenters. The van der Waals surface area contributed by atoms with Crippen molar-refractivity contribution in [2.45, 2.75) is 52.2 Å². The number of fused-ring (bicyclic) bond motifs is 4. The smallest absolute Gasteiger partial charge is 0.408 e. The lowest BCUT2D eigenvalue weighted by molar-refractivity contribution is -0.118. The number of carbonyl (C=O) groups excluding carboxylic acids is 2. The molecule has 2 bridgehead atoms. The maximum atomic E-state index is 12.8. The Balaban J connectivity index is 2.03. The quantitative estimate of drug-likeness (QED) is 0.729. The number of nitrogens with zero attached hydrogens (tertiary/aromatic N) is 3. The SMILES string of the molecule is CC[C@@H]1/C=C/C[C@H](NC(=O)OC(C)(C)C)c2cc(ccn2)-c2c(cnn2C)NC1=O. The number of hydrogen-bond acceptors (Lipinski definition) is 5. The van der Waals surface area contributed by atoms with Crippen LogP contribution in [-0.2, 0) is 16.6 Å². The zero-order valence-electron chi connectivity index (χ0n) is 18.1. The van der Waals surface area contributed by atoms with Gasteiger partial charge in [0.2, 0.25) is 5.91 Å². The lowest BCUT2D eigenvalue weighted by atomic mass is 10.00. The molecule has 8 heteroatoms. The fourth-order valence-electron chi connectivity index (χ4n) is 3.37. The summed E-state index contributed by atoms with van der Waals surface area (Å²) in [4.78, 5) is 29.7. The minimum atomic E-state index is -0.602. The third-order valence-corrected chi connectivity index (χ3v) is 4.82. The zero-order chi connectivity index (χ0) is 21.9. The average molecular weight is 412 g/mol. The Morgan fingerprint density at radius 1 is 1.40 bits per heavy atom. The first-order valence-electron chi connectivity index (χ1n) is 10.1. The van der Waals surface area contributed by atoms with Crippen molar-refractivity contribution in [3.8, 4) is 11.3 Å².